The number of carbonyl (C=O) groups excluding carboxylic acids is 1. The first-order chi connectivity index (χ1) is 9.19. The molecular formula is C14H21NO4. The Bertz CT molecular complexity index is 384. The largest absolute Gasteiger partial charge is 0.497 e. The monoisotopic (exact) mass is 267 g/mol. The molecule has 1 N–H and O–H groups in total. The third-order valence-corrected chi connectivity index (χ3v) is 2.55. The van der Waals surface area contributed by atoms with E-state index in [9.17, 15) is 4.79 Å². The van der Waals surface area contributed by atoms with Crippen molar-refractivity contribution in [1.82, 2.24) is 0 Å². The summed E-state index contributed by atoms with van der Waals surface area (Å²) >= 11 is 0. The van der Waals surface area contributed by atoms with Crippen LogP contribution in [-0.2, 0) is 9.53 Å². The Morgan fingerprint density at radius 3 is 2.32 bits per heavy atom. The van der Waals surface area contributed by atoms with Gasteiger partial charge in [0.1, 0.15) is 18.0 Å². The smallest absolute Gasteiger partial charge is 0.325 e. The second-order valence-electron chi connectivity index (χ2n) is 4.03. The maximum atomic E-state index is 11.5. The third kappa shape index (κ3) is 5.50. The molecule has 5 nitrogen and oxygen atoms in total. The minimum absolute atomic E-state index is 0.125. The normalized spacial score (nSPS) is 9.84. The van der Waals surface area contributed by atoms with Gasteiger partial charge in [-0.25, -0.2) is 0 Å². The molecule has 0 saturated carbocycles. The highest BCUT2D eigenvalue weighted by Crippen LogP contribution is 2.25. The molecule has 1 aromatic rings. The van der Waals surface area contributed by atoms with E-state index in [4.69, 9.17) is 14.2 Å². The van der Waals surface area contributed by atoms with Gasteiger partial charge in [0.05, 0.1) is 20.8 Å². The van der Waals surface area contributed by atoms with Gasteiger partial charge in [-0.2, -0.15) is 0 Å². The van der Waals surface area contributed by atoms with E-state index < -0.39 is 0 Å². The van der Waals surface area contributed by atoms with E-state index in [1.54, 1.807) is 32.4 Å². The number of anilines is 1. The number of hydrogen-bond donors (Lipinski definition) is 1. The van der Waals surface area contributed by atoms with Crippen LogP contribution in [0, 0.1) is 0 Å². The van der Waals surface area contributed by atoms with Gasteiger partial charge in [0.2, 0.25) is 0 Å². The van der Waals surface area contributed by atoms with Crippen molar-refractivity contribution in [3.05, 3.63) is 18.2 Å². The zero-order valence-electron chi connectivity index (χ0n) is 11.7. The molecular weight excluding hydrogens is 246 g/mol. The van der Waals surface area contributed by atoms with Crippen molar-refractivity contribution >= 4 is 11.7 Å². The van der Waals surface area contributed by atoms with Gasteiger partial charge in [0, 0.05) is 23.9 Å². The van der Waals surface area contributed by atoms with Crippen molar-refractivity contribution in [3.8, 4) is 11.5 Å². The summed E-state index contributed by atoms with van der Waals surface area (Å²) < 4.78 is 15.3. The summed E-state index contributed by atoms with van der Waals surface area (Å²) in [6.45, 7) is 2.65. The predicted molar refractivity (Wildman–Crippen MR) is 73.9 cm³/mol. The standard InChI is InChI=1S/C14H21NO4/c1-4-5-6-19-14(16)10-15-11-7-12(17-2)9-13(8-11)18-3/h7-9,15H,4-6,10H2,1-3H3. The van der Waals surface area contributed by atoms with Gasteiger partial charge >= 0.3 is 5.97 Å². The summed E-state index contributed by atoms with van der Waals surface area (Å²) in [6, 6.07) is 5.36. The SMILES string of the molecule is CCCCOC(=O)CNc1cc(OC)cc(OC)c1. The molecule has 0 fully saturated rings. The van der Waals surface area contributed by atoms with E-state index in [2.05, 4.69) is 12.2 Å². The van der Waals surface area contributed by atoms with Crippen molar-refractivity contribution in [2.45, 2.75) is 19.8 Å². The molecule has 0 radical (unpaired) electrons. The number of carbonyl (C=O) groups is 1. The molecule has 0 amide bonds. The Morgan fingerprint density at radius 2 is 1.79 bits per heavy atom. The Labute approximate surface area is 113 Å². The molecule has 0 spiro atoms. The van der Waals surface area contributed by atoms with Crippen LogP contribution in [0.4, 0.5) is 5.69 Å². The maximum Gasteiger partial charge on any atom is 0.325 e. The number of unbranched alkanes of at least 4 members (excludes halogenated alkanes) is 1. The minimum Gasteiger partial charge on any atom is -0.497 e. The van der Waals surface area contributed by atoms with Crippen LogP contribution in [0.15, 0.2) is 18.2 Å². The molecule has 0 aromatic heterocycles. The Hall–Kier alpha value is -1.91. The van der Waals surface area contributed by atoms with Crippen molar-refractivity contribution in [2.75, 3.05) is 32.7 Å². The highest BCUT2D eigenvalue weighted by Gasteiger charge is 2.05. The molecule has 106 valence electrons. The molecule has 0 saturated heterocycles. The Morgan fingerprint density at radius 1 is 1.16 bits per heavy atom. The molecule has 1 aromatic carbocycles. The molecule has 0 aliphatic carbocycles. The second kappa shape index (κ2) is 8.24. The topological polar surface area (TPSA) is 56.8 Å². The number of ether oxygens (including phenoxy) is 3. The van der Waals surface area contributed by atoms with E-state index in [-0.39, 0.29) is 12.5 Å². The highest BCUT2D eigenvalue weighted by molar-refractivity contribution is 5.75. The number of benzene rings is 1. The van der Waals surface area contributed by atoms with Crippen LogP contribution in [0.1, 0.15) is 19.8 Å². The summed E-state index contributed by atoms with van der Waals surface area (Å²) in [5.74, 6) is 1.07. The number of rotatable bonds is 8. The summed E-state index contributed by atoms with van der Waals surface area (Å²) in [7, 11) is 3.16. The Kier molecular flexibility index (Phi) is 6.57. The van der Waals surface area contributed by atoms with Gasteiger partial charge in [-0.3, -0.25) is 4.79 Å². The van der Waals surface area contributed by atoms with Gasteiger partial charge < -0.3 is 19.5 Å². The number of methoxy groups -OCH3 is 2. The lowest BCUT2D eigenvalue weighted by molar-refractivity contribution is -0.141. The maximum absolute atomic E-state index is 11.5. The van der Waals surface area contributed by atoms with E-state index in [1.165, 1.54) is 0 Å². The first-order valence-electron chi connectivity index (χ1n) is 6.32. The predicted octanol–water partition coefficient (Wildman–Crippen LogP) is 2.46. The molecule has 0 atom stereocenters. The molecule has 0 aliphatic rings. The fourth-order valence-electron chi connectivity index (χ4n) is 1.47. The molecule has 0 aliphatic heterocycles. The van der Waals surface area contributed by atoms with Gasteiger partial charge in [0.25, 0.3) is 0 Å². The van der Waals surface area contributed by atoms with Crippen LogP contribution in [0.5, 0.6) is 11.5 Å². The van der Waals surface area contributed by atoms with Crippen molar-refractivity contribution in [1.29, 1.82) is 0 Å². The van der Waals surface area contributed by atoms with Crippen LogP contribution in [0.3, 0.4) is 0 Å². The number of esters is 1. The minimum atomic E-state index is -0.268. The third-order valence-electron chi connectivity index (χ3n) is 2.55. The van der Waals surface area contributed by atoms with E-state index in [0.717, 1.165) is 18.5 Å². The van der Waals surface area contributed by atoms with Crippen molar-refractivity contribution in [3.63, 3.8) is 0 Å². The number of nitrogens with one attached hydrogen (secondary N) is 1. The summed E-state index contributed by atoms with van der Waals surface area (Å²) in [5, 5.41) is 2.99. The number of hydrogen-bond acceptors (Lipinski definition) is 5. The fourth-order valence-corrected chi connectivity index (χ4v) is 1.47. The first-order valence-corrected chi connectivity index (χ1v) is 6.32. The van der Waals surface area contributed by atoms with E-state index >= 15 is 0 Å². The second-order valence-corrected chi connectivity index (χ2v) is 4.03. The van der Waals surface area contributed by atoms with Gasteiger partial charge in [-0.1, -0.05) is 13.3 Å². The average Bonchev–Trinajstić information content (AvgIpc) is 2.45. The van der Waals surface area contributed by atoms with Crippen LogP contribution >= 0.6 is 0 Å². The molecule has 1 rings (SSSR count). The lowest BCUT2D eigenvalue weighted by Gasteiger charge is -2.10. The zero-order chi connectivity index (χ0) is 14.1. The quantitative estimate of drug-likeness (QED) is 0.579. The molecule has 5 heteroatoms. The summed E-state index contributed by atoms with van der Waals surface area (Å²) in [4.78, 5) is 11.5. The van der Waals surface area contributed by atoms with Crippen molar-refractivity contribution in [2.24, 2.45) is 0 Å². The van der Waals surface area contributed by atoms with Gasteiger partial charge in [0.15, 0.2) is 0 Å². The van der Waals surface area contributed by atoms with E-state index in [1.807, 2.05) is 0 Å². The van der Waals surface area contributed by atoms with Crippen LogP contribution < -0.4 is 14.8 Å². The van der Waals surface area contributed by atoms with Crippen LogP contribution in [0.2, 0.25) is 0 Å². The highest BCUT2D eigenvalue weighted by atomic mass is 16.5. The van der Waals surface area contributed by atoms with Crippen molar-refractivity contribution < 1.29 is 19.0 Å². The molecule has 0 unspecified atom stereocenters. The van der Waals surface area contributed by atoms with Crippen LogP contribution in [0.25, 0.3) is 0 Å². The fraction of sp³-hybridized carbons (Fsp3) is 0.500. The summed E-state index contributed by atoms with van der Waals surface area (Å²) in [5.41, 5.74) is 0.753. The molecule has 0 bridgehead atoms. The van der Waals surface area contributed by atoms with Gasteiger partial charge in [-0.15, -0.1) is 0 Å². The Balaban J connectivity index is 2.50. The molecule has 19 heavy (non-hydrogen) atoms. The molecule has 0 heterocycles. The van der Waals surface area contributed by atoms with E-state index in [0.29, 0.717) is 18.1 Å². The first kappa shape index (κ1) is 15.1. The average molecular weight is 267 g/mol. The zero-order valence-corrected chi connectivity index (χ0v) is 11.7. The van der Waals surface area contributed by atoms with Gasteiger partial charge in [-0.05, 0) is 6.42 Å². The summed E-state index contributed by atoms with van der Waals surface area (Å²) in [6.07, 6.45) is 1.90. The lowest BCUT2D eigenvalue weighted by Crippen LogP contribution is -2.17. The lowest BCUT2D eigenvalue weighted by atomic mass is 10.2. The van der Waals surface area contributed by atoms with Crippen LogP contribution in [-0.4, -0.2) is 33.3 Å².